The number of carbonyl (C=O) groups excluding carboxylic acids is 1. The molecular formula is C48H68O18. The van der Waals surface area contributed by atoms with Crippen molar-refractivity contribution >= 4 is 11.9 Å². The molecule has 0 amide bonds. The van der Waals surface area contributed by atoms with E-state index in [0.29, 0.717) is 25.7 Å². The Hall–Kier alpha value is -3.61. The first-order valence-electron chi connectivity index (χ1n) is 22.2. The summed E-state index contributed by atoms with van der Waals surface area (Å²) in [5.41, 5.74) is 3.08. The maximum absolute atomic E-state index is 11.9. The van der Waals surface area contributed by atoms with Gasteiger partial charge >= 0.3 is 0 Å². The van der Waals surface area contributed by atoms with Crippen LogP contribution in [0.4, 0.5) is 0 Å². The Bertz CT molecular complexity index is 1720. The van der Waals surface area contributed by atoms with E-state index in [-0.39, 0.29) is 25.0 Å². The van der Waals surface area contributed by atoms with Gasteiger partial charge in [0, 0.05) is 19.3 Å². The second-order valence-corrected chi connectivity index (χ2v) is 16.8. The Morgan fingerprint density at radius 2 is 0.773 bits per heavy atom. The largest absolute Gasteiger partial charge is 0.394 e. The van der Waals surface area contributed by atoms with Crippen molar-refractivity contribution in [1.82, 2.24) is 0 Å². The van der Waals surface area contributed by atoms with Crippen LogP contribution in [0.25, 0.3) is 6.08 Å². The molecular weight excluding hydrogens is 865 g/mol. The number of ether oxygens (including phenoxy) is 3. The number of carbonyl (C=O) groups is 1. The van der Waals surface area contributed by atoms with E-state index in [9.17, 15) is 61.0 Å². The standard InChI is InChI=1S/2C16H24O6.C16H20O6/c3*17-9-13-15(20)16(21)14(19)12(22-13)8-11(18)7-6-10-4-2-1-3-5-10/h2*1-5,11-21H,6-9H2;1-7,12-17,19-21H,8-9H2/b;;7-6+/t11-,12+,13-,14+,15-,16-;11-,12-,13+,14-,15+,16+;12-,13+,14-,15+,16+/m100/s1. The maximum Gasteiger partial charge on any atom is 0.158 e. The molecule has 3 aromatic carbocycles. The molecule has 6 rings (SSSR count). The highest BCUT2D eigenvalue weighted by Gasteiger charge is 2.46. The van der Waals surface area contributed by atoms with Crippen LogP contribution in [-0.2, 0) is 31.8 Å². The first kappa shape index (κ1) is 55.0. The lowest BCUT2D eigenvalue weighted by molar-refractivity contribution is -0.234. The SMILES string of the molecule is O=C(/C=C/c1ccccc1)C[C@@H]1O[C@H](CO)[C@@H](O)[C@H](O)[C@H]1O.OC[C@H]1O[C@@H](C[C@@H](O)CCc2ccccc2)[C@H](O)[C@@H](O)[C@@H]1O.OC[C@H]1O[C@@H](C[C@H](O)CCc2ccccc2)[C@H](O)[C@@H](O)[C@@H]1O. The highest BCUT2D eigenvalue weighted by atomic mass is 16.6. The van der Waals surface area contributed by atoms with Crippen molar-refractivity contribution in [3.05, 3.63) is 114 Å². The zero-order valence-corrected chi connectivity index (χ0v) is 36.6. The van der Waals surface area contributed by atoms with Gasteiger partial charge in [0.25, 0.3) is 0 Å². The van der Waals surface area contributed by atoms with Crippen LogP contribution in [-0.4, -0.2) is 201 Å². The van der Waals surface area contributed by atoms with Gasteiger partial charge in [-0.1, -0.05) is 97.1 Å². The number of hydrogen-bond donors (Lipinski definition) is 14. The summed E-state index contributed by atoms with van der Waals surface area (Å²) in [6, 6.07) is 28.7. The lowest BCUT2D eigenvalue weighted by Gasteiger charge is -2.40. The van der Waals surface area contributed by atoms with Gasteiger partial charge in [-0.15, -0.1) is 0 Å². The van der Waals surface area contributed by atoms with Gasteiger partial charge in [-0.05, 0) is 48.4 Å². The summed E-state index contributed by atoms with van der Waals surface area (Å²) < 4.78 is 16.1. The fraction of sp³-hybridized carbons (Fsp3) is 0.562. The molecule has 3 aromatic rings. The Morgan fingerprint density at radius 1 is 0.455 bits per heavy atom. The molecule has 0 aromatic heterocycles. The average Bonchev–Trinajstić information content (AvgIpc) is 3.34. The van der Waals surface area contributed by atoms with Crippen LogP contribution < -0.4 is 0 Å². The van der Waals surface area contributed by atoms with E-state index in [4.69, 9.17) is 29.5 Å². The summed E-state index contributed by atoms with van der Waals surface area (Å²) in [4.78, 5) is 11.9. The van der Waals surface area contributed by atoms with E-state index < -0.39 is 124 Å². The molecule has 3 fully saturated rings. The third kappa shape index (κ3) is 16.6. The smallest absolute Gasteiger partial charge is 0.158 e. The highest BCUT2D eigenvalue weighted by molar-refractivity contribution is 5.93. The predicted molar refractivity (Wildman–Crippen MR) is 237 cm³/mol. The fourth-order valence-electron chi connectivity index (χ4n) is 7.84. The monoisotopic (exact) mass is 932 g/mol. The first-order valence-corrected chi connectivity index (χ1v) is 22.2. The molecule has 14 N–H and O–H groups in total. The normalized spacial score (nSPS) is 33.2. The summed E-state index contributed by atoms with van der Waals surface area (Å²) in [6.07, 6.45) is -13.7. The van der Waals surface area contributed by atoms with Crippen LogP contribution in [0.1, 0.15) is 48.8 Å². The second kappa shape index (κ2) is 28.0. The molecule has 0 unspecified atom stereocenters. The van der Waals surface area contributed by atoms with Crippen LogP contribution in [0.2, 0.25) is 0 Å². The number of rotatable bonds is 17. The molecule has 0 bridgehead atoms. The molecule has 18 nitrogen and oxygen atoms in total. The third-order valence-corrected chi connectivity index (χ3v) is 11.9. The van der Waals surface area contributed by atoms with Crippen LogP contribution in [0.5, 0.6) is 0 Å². The van der Waals surface area contributed by atoms with Crippen LogP contribution >= 0.6 is 0 Å². The third-order valence-electron chi connectivity index (χ3n) is 11.9. The lowest BCUT2D eigenvalue weighted by atomic mass is 9.91. The number of allylic oxidation sites excluding steroid dienone is 1. The van der Waals surface area contributed by atoms with E-state index in [1.807, 2.05) is 91.0 Å². The minimum atomic E-state index is -1.46. The number of ketones is 1. The number of aliphatic hydroxyl groups excluding tert-OH is 14. The Kier molecular flexibility index (Phi) is 23.3. The molecule has 3 aliphatic rings. The van der Waals surface area contributed by atoms with Crippen molar-refractivity contribution in [2.45, 2.75) is 149 Å². The molecule has 0 aliphatic carbocycles. The van der Waals surface area contributed by atoms with Gasteiger partial charge in [0.15, 0.2) is 5.78 Å². The second-order valence-electron chi connectivity index (χ2n) is 16.8. The van der Waals surface area contributed by atoms with Crippen LogP contribution in [0, 0.1) is 0 Å². The van der Waals surface area contributed by atoms with E-state index in [0.717, 1.165) is 16.7 Å². The fourth-order valence-corrected chi connectivity index (χ4v) is 7.84. The quantitative estimate of drug-likeness (QED) is 0.0647. The Labute approximate surface area is 383 Å². The van der Waals surface area contributed by atoms with Gasteiger partial charge in [-0.3, -0.25) is 4.79 Å². The van der Waals surface area contributed by atoms with E-state index >= 15 is 0 Å². The summed E-state index contributed by atoms with van der Waals surface area (Å²) in [7, 11) is 0. The minimum absolute atomic E-state index is 0.133. The van der Waals surface area contributed by atoms with Crippen molar-refractivity contribution in [3.8, 4) is 0 Å². The molecule has 3 heterocycles. The lowest BCUT2D eigenvalue weighted by Crippen LogP contribution is -2.59. The highest BCUT2D eigenvalue weighted by Crippen LogP contribution is 2.27. The van der Waals surface area contributed by atoms with Crippen molar-refractivity contribution in [2.24, 2.45) is 0 Å². The Balaban J connectivity index is 0.000000216. The molecule has 3 saturated heterocycles. The van der Waals surface area contributed by atoms with E-state index in [1.165, 1.54) is 6.08 Å². The average molecular weight is 933 g/mol. The summed E-state index contributed by atoms with van der Waals surface area (Å²) in [5, 5.41) is 135. The van der Waals surface area contributed by atoms with Gasteiger partial charge in [0.2, 0.25) is 0 Å². The number of aliphatic hydroxyl groups is 14. The van der Waals surface area contributed by atoms with E-state index in [2.05, 4.69) is 0 Å². The predicted octanol–water partition coefficient (Wildman–Crippen LogP) is -2.07. The van der Waals surface area contributed by atoms with Crippen LogP contribution in [0.15, 0.2) is 97.1 Å². The minimum Gasteiger partial charge on any atom is -0.394 e. The summed E-state index contributed by atoms with van der Waals surface area (Å²) in [6.45, 7) is -1.42. The molecule has 0 saturated carbocycles. The molecule has 3 aliphatic heterocycles. The van der Waals surface area contributed by atoms with E-state index in [1.54, 1.807) is 6.08 Å². The first-order chi connectivity index (χ1) is 31.6. The zero-order valence-electron chi connectivity index (χ0n) is 36.6. The molecule has 17 atom stereocenters. The number of hydrogen-bond acceptors (Lipinski definition) is 18. The molecule has 66 heavy (non-hydrogen) atoms. The van der Waals surface area contributed by atoms with Crippen molar-refractivity contribution in [2.75, 3.05) is 19.8 Å². The van der Waals surface area contributed by atoms with Crippen LogP contribution in [0.3, 0.4) is 0 Å². The maximum atomic E-state index is 11.9. The van der Waals surface area contributed by atoms with Crippen molar-refractivity contribution in [1.29, 1.82) is 0 Å². The van der Waals surface area contributed by atoms with Gasteiger partial charge in [-0.2, -0.15) is 0 Å². The summed E-state index contributed by atoms with van der Waals surface area (Å²) in [5.74, 6) is -0.284. The van der Waals surface area contributed by atoms with Crippen molar-refractivity contribution in [3.63, 3.8) is 0 Å². The summed E-state index contributed by atoms with van der Waals surface area (Å²) >= 11 is 0. The molecule has 0 radical (unpaired) electrons. The zero-order chi connectivity index (χ0) is 48.3. The van der Waals surface area contributed by atoms with Gasteiger partial charge in [0.1, 0.15) is 73.2 Å². The number of benzene rings is 3. The van der Waals surface area contributed by atoms with Gasteiger partial charge in [0.05, 0.1) is 50.3 Å². The number of aryl methyl sites for hydroxylation is 2. The topological polar surface area (TPSA) is 328 Å². The van der Waals surface area contributed by atoms with Crippen molar-refractivity contribution < 1.29 is 90.5 Å². The molecule has 0 spiro atoms. The van der Waals surface area contributed by atoms with Gasteiger partial charge < -0.3 is 85.7 Å². The Morgan fingerprint density at radius 3 is 1.14 bits per heavy atom. The molecule has 18 heteroatoms. The van der Waals surface area contributed by atoms with Gasteiger partial charge in [-0.25, -0.2) is 0 Å². The molecule has 368 valence electrons.